The first-order chi connectivity index (χ1) is 8.11. The largest absolute Gasteiger partial charge is 0.395 e. The topological polar surface area (TPSA) is 104 Å². The van der Waals surface area contributed by atoms with E-state index in [2.05, 4.69) is 25.3 Å². The van der Waals surface area contributed by atoms with E-state index in [0.29, 0.717) is 23.5 Å². The molecule has 0 aliphatic rings. The number of hydrogen-bond acceptors (Lipinski definition) is 6. The Bertz CT molecular complexity index is 607. The van der Waals surface area contributed by atoms with E-state index >= 15 is 0 Å². The molecule has 17 heavy (non-hydrogen) atoms. The minimum atomic E-state index is -0.490. The molecule has 2 heterocycles. The number of rotatable bonds is 3. The fraction of sp³-hybridized carbons (Fsp3) is 0.400. The Hall–Kier alpha value is -2.02. The van der Waals surface area contributed by atoms with Gasteiger partial charge in [-0.05, 0) is 13.8 Å². The van der Waals surface area contributed by atoms with Crippen LogP contribution in [-0.2, 0) is 0 Å². The van der Waals surface area contributed by atoms with Gasteiger partial charge in [-0.15, -0.1) is 0 Å². The molecular weight excluding hydrogens is 222 g/mol. The lowest BCUT2D eigenvalue weighted by Crippen LogP contribution is -2.17. The Morgan fingerprint density at radius 3 is 2.65 bits per heavy atom. The first kappa shape index (κ1) is 11.5. The van der Waals surface area contributed by atoms with Crippen LogP contribution in [0.5, 0.6) is 0 Å². The highest BCUT2D eigenvalue weighted by molar-refractivity contribution is 5.81. The maximum Gasteiger partial charge on any atom is 0.348 e. The molecule has 0 unspecified atom stereocenters. The van der Waals surface area contributed by atoms with Gasteiger partial charge in [0.25, 0.3) is 0 Å². The molecule has 0 saturated heterocycles. The molecule has 0 spiro atoms. The summed E-state index contributed by atoms with van der Waals surface area (Å²) < 4.78 is 0. The molecular formula is C10H13N5O2. The standard InChI is InChI=1S/C10H13N5O2/c1-5-6(2)13-9-7(12-5)8(11-3-4-16)14-10(17)15-9/h16H,3-4H2,1-2H3,(H2,11,13,14,15,17). The predicted molar refractivity (Wildman–Crippen MR) is 63.0 cm³/mol. The summed E-state index contributed by atoms with van der Waals surface area (Å²) in [6.45, 7) is 3.92. The molecule has 0 radical (unpaired) electrons. The molecule has 2 rings (SSSR count). The van der Waals surface area contributed by atoms with Gasteiger partial charge in [0.2, 0.25) is 0 Å². The van der Waals surface area contributed by atoms with E-state index in [0.717, 1.165) is 11.4 Å². The summed E-state index contributed by atoms with van der Waals surface area (Å²) in [5.41, 5.74) is 1.94. The van der Waals surface area contributed by atoms with Crippen LogP contribution in [0.3, 0.4) is 0 Å². The Morgan fingerprint density at radius 2 is 1.94 bits per heavy atom. The summed E-state index contributed by atoms with van der Waals surface area (Å²) in [6.07, 6.45) is 0. The van der Waals surface area contributed by atoms with Crippen LogP contribution in [0.2, 0.25) is 0 Å². The van der Waals surface area contributed by atoms with Gasteiger partial charge in [0, 0.05) is 6.54 Å². The first-order valence-electron chi connectivity index (χ1n) is 5.22. The van der Waals surface area contributed by atoms with Gasteiger partial charge in [-0.25, -0.2) is 14.8 Å². The normalized spacial score (nSPS) is 10.8. The van der Waals surface area contributed by atoms with Crippen LogP contribution >= 0.6 is 0 Å². The number of fused-ring (bicyclic) bond motifs is 1. The minimum absolute atomic E-state index is 0.0474. The van der Waals surface area contributed by atoms with Crippen LogP contribution in [0.25, 0.3) is 11.2 Å². The number of hydrogen-bond donors (Lipinski definition) is 3. The van der Waals surface area contributed by atoms with Crippen molar-refractivity contribution in [3.63, 3.8) is 0 Å². The molecule has 0 fully saturated rings. The van der Waals surface area contributed by atoms with Gasteiger partial charge in [-0.3, -0.25) is 4.98 Å². The van der Waals surface area contributed by atoms with E-state index in [-0.39, 0.29) is 6.61 Å². The number of nitrogens with zero attached hydrogens (tertiary/aromatic N) is 3. The third-order valence-electron chi connectivity index (χ3n) is 2.37. The fourth-order valence-corrected chi connectivity index (χ4v) is 1.44. The number of anilines is 1. The molecule has 0 aliphatic carbocycles. The molecule has 0 aromatic carbocycles. The highest BCUT2D eigenvalue weighted by Gasteiger charge is 2.09. The number of aliphatic hydroxyl groups excluding tert-OH is 1. The van der Waals surface area contributed by atoms with E-state index < -0.39 is 5.69 Å². The Kier molecular flexibility index (Phi) is 3.01. The maximum atomic E-state index is 11.3. The summed E-state index contributed by atoms with van der Waals surface area (Å²) >= 11 is 0. The second-order valence-electron chi connectivity index (χ2n) is 3.63. The molecule has 3 N–H and O–H groups in total. The summed E-state index contributed by atoms with van der Waals surface area (Å²) in [5, 5.41) is 11.6. The van der Waals surface area contributed by atoms with E-state index in [1.807, 2.05) is 13.8 Å². The molecule has 2 aromatic rings. The zero-order valence-corrected chi connectivity index (χ0v) is 9.61. The SMILES string of the molecule is Cc1nc2[nH]c(=O)nc(NCCO)c2nc1C. The van der Waals surface area contributed by atoms with Crippen LogP contribution in [0.4, 0.5) is 5.82 Å². The van der Waals surface area contributed by atoms with Crippen LogP contribution in [0, 0.1) is 13.8 Å². The number of nitrogens with one attached hydrogen (secondary N) is 2. The van der Waals surface area contributed by atoms with E-state index in [1.54, 1.807) is 0 Å². The molecule has 0 atom stereocenters. The van der Waals surface area contributed by atoms with E-state index in [9.17, 15) is 4.79 Å². The van der Waals surface area contributed by atoms with Crippen molar-refractivity contribution in [3.05, 3.63) is 21.9 Å². The summed E-state index contributed by atoms with van der Waals surface area (Å²) in [7, 11) is 0. The summed E-state index contributed by atoms with van der Waals surface area (Å²) in [6, 6.07) is 0. The summed E-state index contributed by atoms with van der Waals surface area (Å²) in [5.74, 6) is 0.341. The molecule has 90 valence electrons. The Labute approximate surface area is 97.0 Å². The number of H-pyrrole nitrogens is 1. The fourth-order valence-electron chi connectivity index (χ4n) is 1.44. The first-order valence-corrected chi connectivity index (χ1v) is 5.22. The second kappa shape index (κ2) is 4.46. The van der Waals surface area contributed by atoms with Gasteiger partial charge in [-0.2, -0.15) is 4.98 Å². The Balaban J connectivity index is 2.65. The number of aromatic nitrogens is 4. The monoisotopic (exact) mass is 235 g/mol. The molecule has 0 bridgehead atoms. The molecule has 7 heteroatoms. The average Bonchev–Trinajstić information content (AvgIpc) is 2.28. The van der Waals surface area contributed by atoms with E-state index in [1.165, 1.54) is 0 Å². The van der Waals surface area contributed by atoms with Gasteiger partial charge in [0.1, 0.15) is 5.52 Å². The molecule has 0 saturated carbocycles. The summed E-state index contributed by atoms with van der Waals surface area (Å²) in [4.78, 5) is 26.2. The van der Waals surface area contributed by atoms with Crippen molar-refractivity contribution in [2.45, 2.75) is 13.8 Å². The lowest BCUT2D eigenvalue weighted by Gasteiger charge is -2.07. The van der Waals surface area contributed by atoms with Crippen LogP contribution in [-0.4, -0.2) is 38.2 Å². The molecule has 2 aromatic heterocycles. The molecule has 7 nitrogen and oxygen atoms in total. The van der Waals surface area contributed by atoms with Gasteiger partial charge >= 0.3 is 5.69 Å². The van der Waals surface area contributed by atoms with Crippen molar-refractivity contribution in [1.29, 1.82) is 0 Å². The Morgan fingerprint density at radius 1 is 1.24 bits per heavy atom. The van der Waals surface area contributed by atoms with Gasteiger partial charge in [-0.1, -0.05) is 0 Å². The lowest BCUT2D eigenvalue weighted by atomic mass is 10.3. The molecule has 0 aliphatic heterocycles. The second-order valence-corrected chi connectivity index (χ2v) is 3.63. The lowest BCUT2D eigenvalue weighted by molar-refractivity contribution is 0.311. The third kappa shape index (κ3) is 2.23. The smallest absolute Gasteiger partial charge is 0.348 e. The quantitative estimate of drug-likeness (QED) is 0.676. The van der Waals surface area contributed by atoms with Crippen LogP contribution in [0.15, 0.2) is 4.79 Å². The third-order valence-corrected chi connectivity index (χ3v) is 2.37. The minimum Gasteiger partial charge on any atom is -0.395 e. The maximum absolute atomic E-state index is 11.3. The van der Waals surface area contributed by atoms with Crippen LogP contribution in [0.1, 0.15) is 11.4 Å². The van der Waals surface area contributed by atoms with Crippen molar-refractivity contribution >= 4 is 17.0 Å². The highest BCUT2D eigenvalue weighted by Crippen LogP contribution is 2.15. The number of aryl methyl sites for hydroxylation is 2. The zero-order valence-electron chi connectivity index (χ0n) is 9.61. The van der Waals surface area contributed by atoms with Crippen molar-refractivity contribution < 1.29 is 5.11 Å². The van der Waals surface area contributed by atoms with Crippen LogP contribution < -0.4 is 11.0 Å². The zero-order chi connectivity index (χ0) is 12.4. The van der Waals surface area contributed by atoms with Crippen molar-refractivity contribution in [2.24, 2.45) is 0 Å². The average molecular weight is 235 g/mol. The predicted octanol–water partition coefficient (Wildman–Crippen LogP) is -0.266. The van der Waals surface area contributed by atoms with E-state index in [4.69, 9.17) is 5.11 Å². The van der Waals surface area contributed by atoms with Crippen molar-refractivity contribution in [3.8, 4) is 0 Å². The number of aliphatic hydroxyl groups is 1. The van der Waals surface area contributed by atoms with Gasteiger partial charge in [0.15, 0.2) is 11.5 Å². The van der Waals surface area contributed by atoms with Gasteiger partial charge in [0.05, 0.1) is 18.0 Å². The van der Waals surface area contributed by atoms with Crippen molar-refractivity contribution in [2.75, 3.05) is 18.5 Å². The van der Waals surface area contributed by atoms with Gasteiger partial charge < -0.3 is 10.4 Å². The highest BCUT2D eigenvalue weighted by atomic mass is 16.3. The number of aromatic amines is 1. The van der Waals surface area contributed by atoms with Crippen molar-refractivity contribution in [1.82, 2.24) is 19.9 Å². The molecule has 0 amide bonds.